The second-order valence-electron chi connectivity index (χ2n) is 4.54. The van der Waals surface area contributed by atoms with Crippen LogP contribution in [0.1, 0.15) is 57.8 Å². The minimum atomic E-state index is -0.999. The number of carboxylic acid groups (broad SMARTS) is 1. The lowest BCUT2D eigenvalue weighted by Crippen LogP contribution is -2.28. The van der Waals surface area contributed by atoms with Crippen molar-refractivity contribution in [2.45, 2.75) is 57.8 Å². The van der Waals surface area contributed by atoms with E-state index in [4.69, 9.17) is 10.8 Å². The Morgan fingerprint density at radius 1 is 0.889 bits per heavy atom. The SMILES string of the molecule is NCCCCCCCCCCC(=O)NCC(=O)O. The van der Waals surface area contributed by atoms with Gasteiger partial charge in [-0.3, -0.25) is 9.59 Å². The van der Waals surface area contributed by atoms with E-state index in [1.807, 2.05) is 0 Å². The number of aliphatic carboxylic acids is 1. The van der Waals surface area contributed by atoms with Crippen molar-refractivity contribution in [3.8, 4) is 0 Å². The first-order valence-corrected chi connectivity index (χ1v) is 6.85. The van der Waals surface area contributed by atoms with Gasteiger partial charge in [0, 0.05) is 6.42 Å². The highest BCUT2D eigenvalue weighted by molar-refractivity contribution is 5.80. The number of carbonyl (C=O) groups excluding carboxylic acids is 1. The van der Waals surface area contributed by atoms with Gasteiger partial charge in [-0.05, 0) is 19.4 Å². The van der Waals surface area contributed by atoms with Gasteiger partial charge in [-0.15, -0.1) is 0 Å². The van der Waals surface area contributed by atoms with Crippen molar-refractivity contribution in [1.82, 2.24) is 5.32 Å². The second kappa shape index (κ2) is 12.4. The van der Waals surface area contributed by atoms with Crippen LogP contribution >= 0.6 is 0 Å². The lowest BCUT2D eigenvalue weighted by molar-refractivity contribution is -0.137. The molecule has 0 aromatic rings. The Morgan fingerprint density at radius 2 is 1.39 bits per heavy atom. The number of amides is 1. The van der Waals surface area contributed by atoms with E-state index < -0.39 is 5.97 Å². The Bertz CT molecular complexity index is 232. The molecule has 5 heteroatoms. The van der Waals surface area contributed by atoms with Gasteiger partial charge in [0.25, 0.3) is 0 Å². The van der Waals surface area contributed by atoms with E-state index >= 15 is 0 Å². The van der Waals surface area contributed by atoms with Gasteiger partial charge >= 0.3 is 5.97 Å². The van der Waals surface area contributed by atoms with E-state index in [9.17, 15) is 9.59 Å². The van der Waals surface area contributed by atoms with Gasteiger partial charge in [0.2, 0.25) is 5.91 Å². The highest BCUT2D eigenvalue weighted by Gasteiger charge is 2.02. The molecule has 0 aliphatic rings. The van der Waals surface area contributed by atoms with E-state index in [1.165, 1.54) is 25.7 Å². The number of hydrogen-bond acceptors (Lipinski definition) is 3. The van der Waals surface area contributed by atoms with Gasteiger partial charge in [0.05, 0.1) is 0 Å². The quantitative estimate of drug-likeness (QED) is 0.464. The summed E-state index contributed by atoms with van der Waals surface area (Å²) in [5, 5.41) is 10.7. The van der Waals surface area contributed by atoms with Gasteiger partial charge < -0.3 is 16.2 Å². The molecule has 0 saturated heterocycles. The predicted molar refractivity (Wildman–Crippen MR) is 71.3 cm³/mol. The smallest absolute Gasteiger partial charge is 0.322 e. The molecule has 0 unspecified atom stereocenters. The summed E-state index contributed by atoms with van der Waals surface area (Å²) in [4.78, 5) is 21.4. The average Bonchev–Trinajstić information content (AvgIpc) is 2.34. The molecule has 1 amide bonds. The fourth-order valence-corrected chi connectivity index (χ4v) is 1.75. The molecule has 0 heterocycles. The van der Waals surface area contributed by atoms with Gasteiger partial charge in [0.15, 0.2) is 0 Å². The normalized spacial score (nSPS) is 10.3. The maximum atomic E-state index is 11.2. The zero-order chi connectivity index (χ0) is 13.6. The molecule has 0 spiro atoms. The van der Waals surface area contributed by atoms with Crippen LogP contribution in [-0.2, 0) is 9.59 Å². The van der Waals surface area contributed by atoms with Crippen molar-refractivity contribution in [3.05, 3.63) is 0 Å². The van der Waals surface area contributed by atoms with Crippen molar-refractivity contribution in [3.63, 3.8) is 0 Å². The van der Waals surface area contributed by atoms with Crippen molar-refractivity contribution in [2.24, 2.45) is 5.73 Å². The van der Waals surface area contributed by atoms with Crippen LogP contribution < -0.4 is 11.1 Å². The number of hydrogen-bond donors (Lipinski definition) is 3. The van der Waals surface area contributed by atoms with E-state index in [1.54, 1.807) is 0 Å². The third-order valence-electron chi connectivity index (χ3n) is 2.79. The molecule has 0 aromatic heterocycles. The number of nitrogens with one attached hydrogen (secondary N) is 1. The fourth-order valence-electron chi connectivity index (χ4n) is 1.75. The van der Waals surface area contributed by atoms with E-state index in [-0.39, 0.29) is 12.5 Å². The molecule has 0 radical (unpaired) electrons. The number of carboxylic acids is 1. The summed E-state index contributed by atoms with van der Waals surface area (Å²) in [5.74, 6) is -1.17. The number of nitrogens with two attached hydrogens (primary N) is 1. The first-order chi connectivity index (χ1) is 8.66. The predicted octanol–water partition coefficient (Wildman–Crippen LogP) is 1.66. The van der Waals surface area contributed by atoms with Crippen LogP contribution in [0, 0.1) is 0 Å². The molecular weight excluding hydrogens is 232 g/mol. The monoisotopic (exact) mass is 258 g/mol. The van der Waals surface area contributed by atoms with Crippen LogP contribution in [-0.4, -0.2) is 30.1 Å². The molecule has 0 aliphatic carbocycles. The van der Waals surface area contributed by atoms with Crippen molar-refractivity contribution >= 4 is 11.9 Å². The van der Waals surface area contributed by atoms with Crippen LogP contribution in [0.25, 0.3) is 0 Å². The molecule has 0 atom stereocenters. The summed E-state index contributed by atoms with van der Waals surface area (Å²) in [7, 11) is 0. The largest absolute Gasteiger partial charge is 0.480 e. The van der Waals surface area contributed by atoms with Crippen molar-refractivity contribution in [1.29, 1.82) is 0 Å². The molecule has 106 valence electrons. The number of unbranched alkanes of at least 4 members (excludes halogenated alkanes) is 7. The molecule has 5 nitrogen and oxygen atoms in total. The molecule has 0 aromatic carbocycles. The second-order valence-corrected chi connectivity index (χ2v) is 4.54. The Kier molecular flexibility index (Phi) is 11.6. The van der Waals surface area contributed by atoms with Gasteiger partial charge in [-0.1, -0.05) is 38.5 Å². The highest BCUT2D eigenvalue weighted by atomic mass is 16.4. The summed E-state index contributed by atoms with van der Waals surface area (Å²) in [6, 6.07) is 0. The molecule has 0 rings (SSSR count). The van der Waals surface area contributed by atoms with Gasteiger partial charge in [-0.2, -0.15) is 0 Å². The standard InChI is InChI=1S/C13H26N2O3/c14-10-8-6-4-2-1-3-5-7-9-12(16)15-11-13(17)18/h1-11,14H2,(H,15,16)(H,17,18). The third kappa shape index (κ3) is 13.0. The zero-order valence-corrected chi connectivity index (χ0v) is 11.1. The highest BCUT2D eigenvalue weighted by Crippen LogP contribution is 2.09. The number of carbonyl (C=O) groups is 2. The minimum Gasteiger partial charge on any atom is -0.480 e. The molecule has 0 fully saturated rings. The maximum absolute atomic E-state index is 11.2. The summed E-state index contributed by atoms with van der Waals surface area (Å²) < 4.78 is 0. The fraction of sp³-hybridized carbons (Fsp3) is 0.846. The summed E-state index contributed by atoms with van der Waals surface area (Å²) in [6.07, 6.45) is 9.49. The van der Waals surface area contributed by atoms with Crippen LogP contribution in [0.15, 0.2) is 0 Å². The first-order valence-electron chi connectivity index (χ1n) is 6.85. The third-order valence-corrected chi connectivity index (χ3v) is 2.79. The summed E-state index contributed by atoms with van der Waals surface area (Å²) in [5.41, 5.74) is 5.41. The Balaban J connectivity index is 3.15. The lowest BCUT2D eigenvalue weighted by atomic mass is 10.1. The molecule has 0 bridgehead atoms. The van der Waals surface area contributed by atoms with E-state index in [0.29, 0.717) is 6.42 Å². The Labute approximate surface area is 109 Å². The van der Waals surface area contributed by atoms with Crippen LogP contribution in [0.3, 0.4) is 0 Å². The number of rotatable bonds is 12. The zero-order valence-electron chi connectivity index (χ0n) is 11.1. The summed E-state index contributed by atoms with van der Waals surface area (Å²) >= 11 is 0. The molecule has 0 saturated carbocycles. The maximum Gasteiger partial charge on any atom is 0.322 e. The van der Waals surface area contributed by atoms with Crippen molar-refractivity contribution in [2.75, 3.05) is 13.1 Å². The first kappa shape index (κ1) is 16.9. The van der Waals surface area contributed by atoms with Gasteiger partial charge in [-0.25, -0.2) is 0 Å². The molecular formula is C13H26N2O3. The average molecular weight is 258 g/mol. The van der Waals surface area contributed by atoms with E-state index in [2.05, 4.69) is 5.32 Å². The van der Waals surface area contributed by atoms with Gasteiger partial charge in [0.1, 0.15) is 6.54 Å². The lowest BCUT2D eigenvalue weighted by Gasteiger charge is -2.03. The molecule has 4 N–H and O–H groups in total. The Morgan fingerprint density at radius 3 is 1.89 bits per heavy atom. The van der Waals surface area contributed by atoms with Crippen molar-refractivity contribution < 1.29 is 14.7 Å². The summed E-state index contributed by atoms with van der Waals surface area (Å²) in [6.45, 7) is 0.505. The molecule has 0 aliphatic heterocycles. The topological polar surface area (TPSA) is 92.4 Å². The van der Waals surface area contributed by atoms with Crippen LogP contribution in [0.4, 0.5) is 0 Å². The Hall–Kier alpha value is -1.10. The molecule has 18 heavy (non-hydrogen) atoms. The van der Waals surface area contributed by atoms with E-state index in [0.717, 1.165) is 32.2 Å². The van der Waals surface area contributed by atoms with Crippen LogP contribution in [0.5, 0.6) is 0 Å². The minimum absolute atomic E-state index is 0.166. The van der Waals surface area contributed by atoms with Crippen LogP contribution in [0.2, 0.25) is 0 Å².